The normalized spacial score (nSPS) is 35.1. The fraction of sp³-hybridized carbons (Fsp3) is 1.00. The molecule has 0 amide bonds. The fourth-order valence-corrected chi connectivity index (χ4v) is 3.62. The second kappa shape index (κ2) is 6.08. The summed E-state index contributed by atoms with van der Waals surface area (Å²) in [5.74, 6) is 0. The molecular weight excluding hydrogens is 236 g/mol. The van der Waals surface area contributed by atoms with Crippen LogP contribution in [0.15, 0.2) is 0 Å². The van der Waals surface area contributed by atoms with Gasteiger partial charge in [-0.2, -0.15) is 0 Å². The molecule has 4 heteroatoms. The number of rotatable bonds is 5. The summed E-state index contributed by atoms with van der Waals surface area (Å²) in [6, 6.07) is 2.47. The third-order valence-electron chi connectivity index (χ3n) is 5.10. The molecule has 4 nitrogen and oxygen atoms in total. The van der Waals surface area contributed by atoms with Gasteiger partial charge >= 0.3 is 0 Å². The van der Waals surface area contributed by atoms with E-state index in [0.717, 1.165) is 18.1 Å². The fourth-order valence-electron chi connectivity index (χ4n) is 3.62. The molecule has 1 aliphatic carbocycles. The Bertz CT molecular complexity index is 284. The van der Waals surface area contributed by atoms with Crippen molar-refractivity contribution >= 4 is 0 Å². The Morgan fingerprint density at radius 3 is 2.53 bits per heavy atom. The van der Waals surface area contributed by atoms with Crippen LogP contribution < -0.4 is 5.32 Å². The van der Waals surface area contributed by atoms with Crippen molar-refractivity contribution in [3.63, 3.8) is 0 Å². The number of likely N-dealkylation sites (tertiary alicyclic amines) is 1. The first-order chi connectivity index (χ1) is 9.22. The maximum Gasteiger partial charge on any atom is 0.0210 e. The van der Waals surface area contributed by atoms with E-state index in [9.17, 15) is 0 Å². The maximum atomic E-state index is 3.79. The van der Waals surface area contributed by atoms with Gasteiger partial charge in [0.1, 0.15) is 0 Å². The molecule has 0 radical (unpaired) electrons. The Balaban J connectivity index is 1.32. The number of hydrogen-bond donors (Lipinski definition) is 1. The van der Waals surface area contributed by atoms with Gasteiger partial charge in [-0.25, -0.2) is 0 Å². The van der Waals surface area contributed by atoms with Crippen molar-refractivity contribution in [2.45, 2.75) is 44.3 Å². The van der Waals surface area contributed by atoms with E-state index >= 15 is 0 Å². The molecule has 1 N–H and O–H groups in total. The molecule has 2 unspecified atom stereocenters. The third kappa shape index (κ3) is 3.69. The van der Waals surface area contributed by atoms with Crippen LogP contribution in [0.1, 0.15) is 26.2 Å². The quantitative estimate of drug-likeness (QED) is 0.780. The molecule has 0 aromatic carbocycles. The van der Waals surface area contributed by atoms with Crippen molar-refractivity contribution in [1.82, 2.24) is 20.0 Å². The Morgan fingerprint density at radius 2 is 1.84 bits per heavy atom. The highest BCUT2D eigenvalue weighted by atomic mass is 15.3. The predicted molar refractivity (Wildman–Crippen MR) is 79.5 cm³/mol. The summed E-state index contributed by atoms with van der Waals surface area (Å²) in [7, 11) is 2.22. The Hall–Kier alpha value is -0.160. The molecule has 3 aliphatic rings. The van der Waals surface area contributed by atoms with E-state index in [4.69, 9.17) is 0 Å². The first-order valence-electron chi connectivity index (χ1n) is 8.12. The minimum absolute atomic E-state index is 0.739. The first-order valence-corrected chi connectivity index (χ1v) is 8.12. The van der Waals surface area contributed by atoms with Crippen LogP contribution in [0, 0.1) is 0 Å². The Kier molecular flexibility index (Phi) is 4.42. The zero-order valence-electron chi connectivity index (χ0n) is 12.6. The van der Waals surface area contributed by atoms with Gasteiger partial charge in [-0.15, -0.1) is 0 Å². The number of likely N-dealkylation sites (N-methyl/N-ethyl adjacent to an activating group) is 1. The van der Waals surface area contributed by atoms with Crippen LogP contribution >= 0.6 is 0 Å². The van der Waals surface area contributed by atoms with Gasteiger partial charge in [-0.1, -0.05) is 0 Å². The van der Waals surface area contributed by atoms with Crippen molar-refractivity contribution in [2.24, 2.45) is 0 Å². The van der Waals surface area contributed by atoms with Crippen molar-refractivity contribution in [2.75, 3.05) is 52.9 Å². The summed E-state index contributed by atoms with van der Waals surface area (Å²) >= 11 is 0. The number of nitrogens with zero attached hydrogens (tertiary/aromatic N) is 3. The molecule has 3 rings (SSSR count). The van der Waals surface area contributed by atoms with Gasteiger partial charge in [0.15, 0.2) is 0 Å². The summed E-state index contributed by atoms with van der Waals surface area (Å²) in [5.41, 5.74) is 0. The molecule has 0 aromatic rings. The summed E-state index contributed by atoms with van der Waals surface area (Å²) < 4.78 is 0. The van der Waals surface area contributed by atoms with Gasteiger partial charge in [0.05, 0.1) is 0 Å². The molecule has 110 valence electrons. The van der Waals surface area contributed by atoms with E-state index in [1.54, 1.807) is 0 Å². The summed E-state index contributed by atoms with van der Waals surface area (Å²) in [6.07, 6.45) is 4.23. The van der Waals surface area contributed by atoms with E-state index in [1.165, 1.54) is 65.1 Å². The van der Waals surface area contributed by atoms with Crippen LogP contribution in [0.25, 0.3) is 0 Å². The van der Waals surface area contributed by atoms with Gasteiger partial charge in [0.2, 0.25) is 0 Å². The summed E-state index contributed by atoms with van der Waals surface area (Å²) in [4.78, 5) is 7.76. The van der Waals surface area contributed by atoms with Crippen molar-refractivity contribution < 1.29 is 0 Å². The zero-order valence-corrected chi connectivity index (χ0v) is 12.6. The minimum atomic E-state index is 0.739. The topological polar surface area (TPSA) is 21.8 Å². The van der Waals surface area contributed by atoms with Gasteiger partial charge in [-0.3, -0.25) is 9.80 Å². The highest BCUT2D eigenvalue weighted by Crippen LogP contribution is 2.33. The minimum Gasteiger partial charge on any atom is -0.311 e. The van der Waals surface area contributed by atoms with Crippen LogP contribution in [0.2, 0.25) is 0 Å². The highest BCUT2D eigenvalue weighted by molar-refractivity contribution is 4.95. The molecule has 0 spiro atoms. The van der Waals surface area contributed by atoms with Gasteiger partial charge < -0.3 is 10.2 Å². The SMILES string of the molecule is CC1CC(NCCN2CCN(C)CC2)CN1C1CC1. The van der Waals surface area contributed by atoms with Crippen LogP contribution in [0.4, 0.5) is 0 Å². The van der Waals surface area contributed by atoms with Crippen LogP contribution in [-0.4, -0.2) is 85.7 Å². The molecule has 0 bridgehead atoms. The average molecular weight is 266 g/mol. The van der Waals surface area contributed by atoms with Crippen molar-refractivity contribution in [3.8, 4) is 0 Å². The second-order valence-electron chi connectivity index (χ2n) is 6.81. The smallest absolute Gasteiger partial charge is 0.0210 e. The lowest BCUT2D eigenvalue weighted by atomic mass is 10.2. The molecule has 2 heterocycles. The molecule has 3 fully saturated rings. The van der Waals surface area contributed by atoms with Crippen LogP contribution in [0.3, 0.4) is 0 Å². The highest BCUT2D eigenvalue weighted by Gasteiger charge is 2.38. The van der Waals surface area contributed by atoms with E-state index in [0.29, 0.717) is 0 Å². The molecule has 19 heavy (non-hydrogen) atoms. The molecule has 2 atom stereocenters. The standard InChI is InChI=1S/C15H30N4/c1-13-11-14(12-19(13)15-3-4-15)16-5-6-18-9-7-17(2)8-10-18/h13-16H,3-12H2,1-2H3. The Morgan fingerprint density at radius 1 is 1.11 bits per heavy atom. The predicted octanol–water partition coefficient (Wildman–Crippen LogP) is 0.449. The van der Waals surface area contributed by atoms with Gasteiger partial charge in [-0.05, 0) is 33.2 Å². The van der Waals surface area contributed by atoms with Gasteiger partial charge in [0.25, 0.3) is 0 Å². The molecule has 2 aliphatic heterocycles. The molecular formula is C15H30N4. The van der Waals surface area contributed by atoms with E-state index in [1.807, 2.05) is 0 Å². The van der Waals surface area contributed by atoms with Crippen LogP contribution in [-0.2, 0) is 0 Å². The van der Waals surface area contributed by atoms with E-state index in [2.05, 4.69) is 34.0 Å². The third-order valence-corrected chi connectivity index (χ3v) is 5.10. The van der Waals surface area contributed by atoms with Crippen molar-refractivity contribution in [1.29, 1.82) is 0 Å². The first kappa shape index (κ1) is 13.8. The van der Waals surface area contributed by atoms with E-state index in [-0.39, 0.29) is 0 Å². The second-order valence-corrected chi connectivity index (χ2v) is 6.81. The number of hydrogen-bond acceptors (Lipinski definition) is 4. The lowest BCUT2D eigenvalue weighted by Crippen LogP contribution is -2.47. The average Bonchev–Trinajstić information content (AvgIpc) is 3.17. The molecule has 0 aromatic heterocycles. The molecule has 2 saturated heterocycles. The van der Waals surface area contributed by atoms with Gasteiger partial charge in [0, 0.05) is 63.9 Å². The number of piperazine rings is 1. The van der Waals surface area contributed by atoms with Crippen molar-refractivity contribution in [3.05, 3.63) is 0 Å². The zero-order chi connectivity index (χ0) is 13.2. The summed E-state index contributed by atoms with van der Waals surface area (Å²) in [5, 5.41) is 3.79. The van der Waals surface area contributed by atoms with E-state index < -0.39 is 0 Å². The summed E-state index contributed by atoms with van der Waals surface area (Å²) in [6.45, 7) is 11.0. The van der Waals surface area contributed by atoms with Crippen LogP contribution in [0.5, 0.6) is 0 Å². The largest absolute Gasteiger partial charge is 0.311 e. The number of nitrogens with one attached hydrogen (secondary N) is 1. The maximum absolute atomic E-state index is 3.79. The lowest BCUT2D eigenvalue weighted by molar-refractivity contribution is 0.153. The lowest BCUT2D eigenvalue weighted by Gasteiger charge is -2.32. The monoisotopic (exact) mass is 266 g/mol. The Labute approximate surface area is 118 Å². The molecule has 1 saturated carbocycles.